The molecule has 2 rings (SSSR count). The molecule has 2 aromatic heterocycles. The van der Waals surface area contributed by atoms with E-state index in [0.29, 0.717) is 23.4 Å². The van der Waals surface area contributed by atoms with Gasteiger partial charge in [0.25, 0.3) is 0 Å². The van der Waals surface area contributed by atoms with Crippen LogP contribution in [0.4, 0.5) is 0 Å². The number of guanidine groups is 1. The molecule has 0 fully saturated rings. The summed E-state index contributed by atoms with van der Waals surface area (Å²) < 4.78 is 5.99. The summed E-state index contributed by atoms with van der Waals surface area (Å²) in [5.41, 5.74) is 0. The number of nitrogens with one attached hydrogen (secondary N) is 2. The van der Waals surface area contributed by atoms with Crippen LogP contribution < -0.4 is 10.6 Å². The fourth-order valence-corrected chi connectivity index (χ4v) is 3.13. The Morgan fingerprint density at radius 3 is 2.83 bits per heavy atom. The average Bonchev–Trinajstić information content (AvgIpc) is 3.23. The summed E-state index contributed by atoms with van der Waals surface area (Å²) in [4.78, 5) is 5.30. The highest BCUT2D eigenvalue weighted by Crippen LogP contribution is 2.26. The lowest BCUT2D eigenvalue weighted by molar-refractivity contribution is 0.191. The van der Waals surface area contributed by atoms with Crippen molar-refractivity contribution in [1.29, 1.82) is 0 Å². The molecule has 132 valence electrons. The molecule has 0 aliphatic carbocycles. The first kappa shape index (κ1) is 18.8. The Bertz CT molecular complexity index is 613. The topological polar surface area (TPSA) is 69.8 Å². The van der Waals surface area contributed by atoms with Crippen molar-refractivity contribution < 1.29 is 9.52 Å². The van der Waals surface area contributed by atoms with Crippen LogP contribution in [0, 0.1) is 0 Å². The molecule has 3 N–H and O–H groups in total. The number of thiophene rings is 1. The molecular weight excluding hydrogens is 346 g/mol. The Hall–Kier alpha value is -1.50. The van der Waals surface area contributed by atoms with E-state index in [0.717, 1.165) is 36.4 Å². The first-order valence-electron chi connectivity index (χ1n) is 8.17. The second-order valence-corrected chi connectivity index (χ2v) is 7.13. The van der Waals surface area contributed by atoms with E-state index in [1.54, 1.807) is 12.3 Å². The summed E-state index contributed by atoms with van der Waals surface area (Å²) in [6.45, 7) is 4.00. The maximum atomic E-state index is 10.2. The van der Waals surface area contributed by atoms with Gasteiger partial charge in [-0.15, -0.1) is 11.3 Å². The monoisotopic (exact) mass is 369 g/mol. The maximum Gasteiger partial charge on any atom is 0.191 e. The van der Waals surface area contributed by atoms with Crippen molar-refractivity contribution in [3.05, 3.63) is 45.5 Å². The van der Waals surface area contributed by atoms with Crippen molar-refractivity contribution in [2.75, 3.05) is 19.6 Å². The van der Waals surface area contributed by atoms with E-state index < -0.39 is 6.10 Å². The standard InChI is InChI=1S/C17H24ClN3O2S/c1-2-3-9-19-17(20-10-8-13-5-4-11-23-13)21-12-14(22)15-6-7-16(18)24-15/h4-7,11,14,22H,2-3,8-10,12H2,1H3,(H2,19,20,21). The van der Waals surface area contributed by atoms with E-state index in [2.05, 4.69) is 22.5 Å². The fourth-order valence-electron chi connectivity index (χ4n) is 2.09. The van der Waals surface area contributed by atoms with Crippen molar-refractivity contribution in [1.82, 2.24) is 10.6 Å². The number of aliphatic hydroxyl groups excluding tert-OH is 1. The van der Waals surface area contributed by atoms with Gasteiger partial charge in [0, 0.05) is 24.4 Å². The first-order valence-corrected chi connectivity index (χ1v) is 9.36. The molecule has 0 bridgehead atoms. The van der Waals surface area contributed by atoms with Crippen LogP contribution in [0.5, 0.6) is 0 Å². The van der Waals surface area contributed by atoms with Crippen LogP contribution in [0.2, 0.25) is 4.34 Å². The summed E-state index contributed by atoms with van der Waals surface area (Å²) in [6.07, 6.45) is 4.00. The van der Waals surface area contributed by atoms with Gasteiger partial charge in [0.15, 0.2) is 5.96 Å². The number of halogens is 1. The average molecular weight is 370 g/mol. The predicted octanol–water partition coefficient (Wildman–Crippen LogP) is 3.61. The Morgan fingerprint density at radius 2 is 2.17 bits per heavy atom. The Kier molecular flexibility index (Phi) is 8.15. The predicted molar refractivity (Wildman–Crippen MR) is 99.9 cm³/mol. The quantitative estimate of drug-likeness (QED) is 0.359. The van der Waals surface area contributed by atoms with Crippen LogP contribution >= 0.6 is 22.9 Å². The molecule has 5 nitrogen and oxygen atoms in total. The molecule has 1 atom stereocenters. The molecule has 7 heteroatoms. The largest absolute Gasteiger partial charge is 0.469 e. The molecule has 0 aromatic carbocycles. The van der Waals surface area contributed by atoms with E-state index in [9.17, 15) is 5.11 Å². The van der Waals surface area contributed by atoms with E-state index in [1.807, 2.05) is 18.2 Å². The van der Waals surface area contributed by atoms with Crippen LogP contribution in [0.15, 0.2) is 39.9 Å². The third kappa shape index (κ3) is 6.55. The lowest BCUT2D eigenvalue weighted by Gasteiger charge is -2.13. The number of rotatable bonds is 9. The summed E-state index contributed by atoms with van der Waals surface area (Å²) in [6, 6.07) is 7.46. The molecule has 2 heterocycles. The van der Waals surface area contributed by atoms with Gasteiger partial charge in [-0.2, -0.15) is 0 Å². The zero-order valence-corrected chi connectivity index (χ0v) is 15.4. The summed E-state index contributed by atoms with van der Waals surface area (Å²) in [7, 11) is 0. The SMILES string of the molecule is CCCCNC(=NCC(O)c1ccc(Cl)s1)NCCc1ccco1. The summed E-state index contributed by atoms with van der Waals surface area (Å²) in [5.74, 6) is 1.64. The molecule has 0 aliphatic rings. The number of hydrogen-bond donors (Lipinski definition) is 3. The molecule has 0 aliphatic heterocycles. The molecule has 0 spiro atoms. The van der Waals surface area contributed by atoms with Gasteiger partial charge >= 0.3 is 0 Å². The molecule has 1 unspecified atom stereocenters. The second-order valence-electron chi connectivity index (χ2n) is 5.38. The number of hydrogen-bond acceptors (Lipinski definition) is 4. The highest BCUT2D eigenvalue weighted by molar-refractivity contribution is 7.16. The van der Waals surface area contributed by atoms with Crippen LogP contribution in [-0.2, 0) is 6.42 Å². The maximum absolute atomic E-state index is 10.2. The van der Waals surface area contributed by atoms with Crippen molar-refractivity contribution in [2.45, 2.75) is 32.3 Å². The van der Waals surface area contributed by atoms with Gasteiger partial charge < -0.3 is 20.2 Å². The zero-order valence-electron chi connectivity index (χ0n) is 13.8. The Labute approximate surface area is 151 Å². The minimum atomic E-state index is -0.641. The van der Waals surface area contributed by atoms with Crippen LogP contribution in [-0.4, -0.2) is 30.7 Å². The van der Waals surface area contributed by atoms with Gasteiger partial charge in [-0.05, 0) is 30.7 Å². The zero-order chi connectivity index (χ0) is 17.2. The summed E-state index contributed by atoms with van der Waals surface area (Å²) in [5, 5.41) is 16.8. The number of aliphatic imine (C=N–C) groups is 1. The van der Waals surface area contributed by atoms with E-state index >= 15 is 0 Å². The number of aliphatic hydroxyl groups is 1. The van der Waals surface area contributed by atoms with Crippen LogP contribution in [0.1, 0.15) is 36.5 Å². The van der Waals surface area contributed by atoms with Gasteiger partial charge in [0.05, 0.1) is 17.1 Å². The van der Waals surface area contributed by atoms with Crippen LogP contribution in [0.25, 0.3) is 0 Å². The Morgan fingerprint density at radius 1 is 1.33 bits per heavy atom. The van der Waals surface area contributed by atoms with Gasteiger partial charge in [-0.3, -0.25) is 4.99 Å². The third-order valence-electron chi connectivity index (χ3n) is 3.41. The van der Waals surface area contributed by atoms with Gasteiger partial charge in [0.1, 0.15) is 11.9 Å². The van der Waals surface area contributed by atoms with Gasteiger partial charge in [-0.25, -0.2) is 0 Å². The fraction of sp³-hybridized carbons (Fsp3) is 0.471. The normalized spacial score (nSPS) is 13.0. The molecule has 0 saturated heterocycles. The van der Waals surface area contributed by atoms with Crippen molar-refractivity contribution >= 4 is 28.9 Å². The number of unbranched alkanes of at least 4 members (excludes halogenated alkanes) is 1. The molecule has 0 amide bonds. The van der Waals surface area contributed by atoms with E-state index in [4.69, 9.17) is 16.0 Å². The van der Waals surface area contributed by atoms with E-state index in [-0.39, 0.29) is 0 Å². The lowest BCUT2D eigenvalue weighted by Crippen LogP contribution is -2.39. The number of nitrogens with zero attached hydrogens (tertiary/aromatic N) is 1. The second kappa shape index (κ2) is 10.4. The van der Waals surface area contributed by atoms with Gasteiger partial charge in [-0.1, -0.05) is 24.9 Å². The summed E-state index contributed by atoms with van der Waals surface area (Å²) >= 11 is 7.29. The molecular formula is C17H24ClN3O2S. The van der Waals surface area contributed by atoms with Gasteiger partial charge in [0.2, 0.25) is 0 Å². The molecule has 0 saturated carbocycles. The van der Waals surface area contributed by atoms with Crippen molar-refractivity contribution in [3.8, 4) is 0 Å². The number of furan rings is 1. The van der Waals surface area contributed by atoms with E-state index in [1.165, 1.54) is 11.3 Å². The first-order chi connectivity index (χ1) is 11.7. The molecule has 2 aromatic rings. The highest BCUT2D eigenvalue weighted by atomic mass is 35.5. The molecule has 24 heavy (non-hydrogen) atoms. The van der Waals surface area contributed by atoms with Crippen molar-refractivity contribution in [2.24, 2.45) is 4.99 Å². The lowest BCUT2D eigenvalue weighted by atomic mass is 10.3. The minimum Gasteiger partial charge on any atom is -0.469 e. The Balaban J connectivity index is 1.85. The van der Waals surface area contributed by atoms with Crippen molar-refractivity contribution in [3.63, 3.8) is 0 Å². The third-order valence-corrected chi connectivity index (χ3v) is 4.74. The smallest absolute Gasteiger partial charge is 0.191 e. The minimum absolute atomic E-state index is 0.291. The molecule has 0 radical (unpaired) electrons. The van der Waals surface area contributed by atoms with Crippen LogP contribution in [0.3, 0.4) is 0 Å². The highest BCUT2D eigenvalue weighted by Gasteiger charge is 2.10.